The van der Waals surface area contributed by atoms with Gasteiger partial charge in [0.2, 0.25) is 5.91 Å². The smallest absolute Gasteiger partial charge is 0.263 e. The highest BCUT2D eigenvalue weighted by Gasteiger charge is 2.16. The van der Waals surface area contributed by atoms with Gasteiger partial charge in [-0.15, -0.1) is 11.3 Å². The van der Waals surface area contributed by atoms with Gasteiger partial charge in [0.1, 0.15) is 5.75 Å². The largest absolute Gasteiger partial charge is 0.497 e. The number of carbonyl (C=O) groups is 1. The second kappa shape index (κ2) is 9.46. The molecule has 158 valence electrons. The van der Waals surface area contributed by atoms with Gasteiger partial charge in [-0.05, 0) is 55.3 Å². The molecule has 0 atom stereocenters. The lowest BCUT2D eigenvalue weighted by molar-refractivity contribution is -0.116. The third kappa shape index (κ3) is 5.71. The number of sulfonamides is 1. The fourth-order valence-corrected chi connectivity index (χ4v) is 4.75. The van der Waals surface area contributed by atoms with Crippen molar-refractivity contribution in [3.63, 3.8) is 0 Å². The first kappa shape index (κ1) is 22.1. The molecule has 7 nitrogen and oxygen atoms in total. The monoisotopic (exact) mass is 465 g/mol. The van der Waals surface area contributed by atoms with Crippen LogP contribution in [-0.4, -0.2) is 26.4 Å². The van der Waals surface area contributed by atoms with E-state index >= 15 is 0 Å². The second-order valence-corrected chi connectivity index (χ2v) is 9.41. The number of benzene rings is 2. The number of aromatic nitrogens is 1. The molecule has 1 aromatic heterocycles. The number of nitrogens with one attached hydrogen (secondary N) is 2. The van der Waals surface area contributed by atoms with Gasteiger partial charge in [0.15, 0.2) is 5.13 Å². The van der Waals surface area contributed by atoms with Crippen LogP contribution in [0.1, 0.15) is 17.7 Å². The van der Waals surface area contributed by atoms with Crippen molar-refractivity contribution in [2.45, 2.75) is 24.7 Å². The molecule has 0 bridgehead atoms. The summed E-state index contributed by atoms with van der Waals surface area (Å²) in [5, 5.41) is 5.34. The lowest BCUT2D eigenvalue weighted by atomic mass is 10.2. The Kier molecular flexibility index (Phi) is 6.96. The fraction of sp³-hybridized carbons (Fsp3) is 0.200. The summed E-state index contributed by atoms with van der Waals surface area (Å²) in [6.07, 6.45) is 0.590. The predicted molar refractivity (Wildman–Crippen MR) is 119 cm³/mol. The summed E-state index contributed by atoms with van der Waals surface area (Å²) in [4.78, 5) is 16.6. The summed E-state index contributed by atoms with van der Waals surface area (Å²) >= 11 is 7.13. The Morgan fingerprint density at radius 2 is 1.93 bits per heavy atom. The van der Waals surface area contributed by atoms with Crippen LogP contribution in [0.15, 0.2) is 52.7 Å². The number of halogens is 1. The standard InChI is InChI=1S/C20H20ClN3O4S2/c1-13-3-4-14(21)11-18(13)23-19(25)10-5-15-12-29-20(22-15)24-30(26,27)17-8-6-16(28-2)7-9-17/h3-4,6-9,11-12H,5,10H2,1-2H3,(H,22,24)(H,23,25). The van der Waals surface area contributed by atoms with E-state index in [0.29, 0.717) is 28.6 Å². The molecule has 0 saturated heterocycles. The molecule has 0 spiro atoms. The molecule has 0 aliphatic heterocycles. The molecule has 0 radical (unpaired) electrons. The number of ether oxygens (including phenoxy) is 1. The Bertz CT molecular complexity index is 1150. The number of thiazole rings is 1. The van der Waals surface area contributed by atoms with Crippen LogP contribution in [0.2, 0.25) is 5.02 Å². The lowest BCUT2D eigenvalue weighted by Gasteiger charge is -2.08. The van der Waals surface area contributed by atoms with Crippen LogP contribution < -0.4 is 14.8 Å². The van der Waals surface area contributed by atoms with Gasteiger partial charge in [0.05, 0.1) is 17.7 Å². The van der Waals surface area contributed by atoms with E-state index in [9.17, 15) is 13.2 Å². The van der Waals surface area contributed by atoms with Crippen LogP contribution in [-0.2, 0) is 21.2 Å². The molecule has 2 aromatic carbocycles. The van der Waals surface area contributed by atoms with Crippen molar-refractivity contribution in [1.82, 2.24) is 4.98 Å². The molecule has 0 unspecified atom stereocenters. The van der Waals surface area contributed by atoms with Crippen LogP contribution in [0, 0.1) is 6.92 Å². The van der Waals surface area contributed by atoms with E-state index < -0.39 is 10.0 Å². The van der Waals surface area contributed by atoms with E-state index in [1.54, 1.807) is 29.6 Å². The normalized spacial score (nSPS) is 11.2. The number of carbonyl (C=O) groups excluding carboxylic acids is 1. The Labute approximate surface area is 184 Å². The summed E-state index contributed by atoms with van der Waals surface area (Å²) in [6.45, 7) is 1.88. The van der Waals surface area contributed by atoms with Crippen molar-refractivity contribution in [1.29, 1.82) is 0 Å². The van der Waals surface area contributed by atoms with Gasteiger partial charge in [-0.2, -0.15) is 0 Å². The number of amides is 1. The van der Waals surface area contributed by atoms with Gasteiger partial charge < -0.3 is 10.1 Å². The average Bonchev–Trinajstić information content (AvgIpc) is 3.16. The highest BCUT2D eigenvalue weighted by atomic mass is 35.5. The van der Waals surface area contributed by atoms with Gasteiger partial charge in [-0.1, -0.05) is 17.7 Å². The molecule has 1 amide bonds. The van der Waals surface area contributed by atoms with Crippen LogP contribution in [0.25, 0.3) is 0 Å². The van der Waals surface area contributed by atoms with E-state index in [4.69, 9.17) is 16.3 Å². The van der Waals surface area contributed by atoms with Gasteiger partial charge in [0.25, 0.3) is 10.0 Å². The Hall–Kier alpha value is -2.62. The number of methoxy groups -OCH3 is 1. The van der Waals surface area contributed by atoms with Crippen LogP contribution in [0.3, 0.4) is 0 Å². The third-order valence-corrected chi connectivity index (χ3v) is 6.75. The highest BCUT2D eigenvalue weighted by molar-refractivity contribution is 7.93. The van der Waals surface area contributed by atoms with E-state index in [0.717, 1.165) is 16.9 Å². The molecule has 0 aliphatic rings. The molecule has 0 fully saturated rings. The van der Waals surface area contributed by atoms with Gasteiger partial charge in [-0.25, -0.2) is 13.4 Å². The van der Waals surface area contributed by atoms with Crippen LogP contribution in [0.5, 0.6) is 5.75 Å². The summed E-state index contributed by atoms with van der Waals surface area (Å²) < 4.78 is 32.4. The lowest BCUT2D eigenvalue weighted by Crippen LogP contribution is -2.14. The molecule has 3 aromatic rings. The van der Waals surface area contributed by atoms with Crippen LogP contribution >= 0.6 is 22.9 Å². The van der Waals surface area contributed by atoms with Crippen molar-refractivity contribution in [2.75, 3.05) is 17.1 Å². The molecule has 30 heavy (non-hydrogen) atoms. The molecule has 1 heterocycles. The molecule has 0 saturated carbocycles. The second-order valence-electron chi connectivity index (χ2n) is 6.43. The van der Waals surface area contributed by atoms with Crippen LogP contribution in [0.4, 0.5) is 10.8 Å². The van der Waals surface area contributed by atoms with Crippen molar-refractivity contribution in [3.8, 4) is 5.75 Å². The zero-order valence-corrected chi connectivity index (χ0v) is 18.7. The van der Waals surface area contributed by atoms with E-state index in [2.05, 4.69) is 15.0 Å². The van der Waals surface area contributed by atoms with E-state index in [1.165, 1.54) is 19.2 Å². The maximum atomic E-state index is 12.5. The summed E-state index contributed by atoms with van der Waals surface area (Å²) in [5.41, 5.74) is 2.21. The van der Waals surface area contributed by atoms with Crippen molar-refractivity contribution < 1.29 is 17.9 Å². The van der Waals surface area contributed by atoms with E-state index in [-0.39, 0.29) is 22.4 Å². The molecule has 0 aliphatic carbocycles. The minimum atomic E-state index is -3.76. The summed E-state index contributed by atoms with van der Waals surface area (Å²) in [5.74, 6) is 0.394. The molecule has 10 heteroatoms. The minimum absolute atomic E-state index is 0.108. The van der Waals surface area contributed by atoms with Gasteiger partial charge in [-0.3, -0.25) is 9.52 Å². The molecule has 3 rings (SSSR count). The predicted octanol–water partition coefficient (Wildman–Crippen LogP) is 4.49. The summed E-state index contributed by atoms with van der Waals surface area (Å²) in [7, 11) is -2.25. The number of aryl methyl sites for hydroxylation is 2. The number of nitrogens with zero attached hydrogens (tertiary/aromatic N) is 1. The zero-order valence-electron chi connectivity index (χ0n) is 16.3. The van der Waals surface area contributed by atoms with Crippen molar-refractivity contribution in [2.24, 2.45) is 0 Å². The number of rotatable bonds is 8. The molecular weight excluding hydrogens is 446 g/mol. The van der Waals surface area contributed by atoms with Gasteiger partial charge >= 0.3 is 0 Å². The first-order valence-corrected chi connectivity index (χ1v) is 11.7. The fourth-order valence-electron chi connectivity index (χ4n) is 2.58. The molecule has 2 N–H and O–H groups in total. The highest BCUT2D eigenvalue weighted by Crippen LogP contribution is 2.23. The third-order valence-electron chi connectivity index (χ3n) is 4.23. The molecular formula is C20H20ClN3O4S2. The minimum Gasteiger partial charge on any atom is -0.497 e. The first-order chi connectivity index (χ1) is 14.3. The average molecular weight is 466 g/mol. The topological polar surface area (TPSA) is 97.4 Å². The maximum Gasteiger partial charge on any atom is 0.263 e. The van der Waals surface area contributed by atoms with Gasteiger partial charge in [0, 0.05) is 22.5 Å². The van der Waals surface area contributed by atoms with Crippen molar-refractivity contribution >= 4 is 49.7 Å². The summed E-state index contributed by atoms with van der Waals surface area (Å²) in [6, 6.07) is 11.3. The number of hydrogen-bond acceptors (Lipinski definition) is 6. The first-order valence-electron chi connectivity index (χ1n) is 8.94. The number of hydrogen-bond donors (Lipinski definition) is 2. The zero-order chi connectivity index (χ0) is 21.7. The quantitative estimate of drug-likeness (QED) is 0.511. The Balaban J connectivity index is 1.58. The Morgan fingerprint density at radius 3 is 2.63 bits per heavy atom. The Morgan fingerprint density at radius 1 is 1.20 bits per heavy atom. The SMILES string of the molecule is COc1ccc(S(=O)(=O)Nc2nc(CCC(=O)Nc3cc(Cl)ccc3C)cs2)cc1. The van der Waals surface area contributed by atoms with E-state index in [1.807, 2.05) is 13.0 Å². The maximum absolute atomic E-state index is 12.5. The van der Waals surface area contributed by atoms with Crippen molar-refractivity contribution in [3.05, 3.63) is 64.1 Å². The number of anilines is 2.